The van der Waals surface area contributed by atoms with E-state index in [0.717, 1.165) is 0 Å². The van der Waals surface area contributed by atoms with Crippen LogP contribution < -0.4 is 5.32 Å². The monoisotopic (exact) mass is 304 g/mol. The van der Waals surface area contributed by atoms with E-state index in [2.05, 4.69) is 20.5 Å². The van der Waals surface area contributed by atoms with Gasteiger partial charge in [0.25, 0.3) is 0 Å². The summed E-state index contributed by atoms with van der Waals surface area (Å²) >= 11 is 0. The molecule has 1 aliphatic rings. The molecule has 7 heteroatoms. The Kier molecular flexibility index (Phi) is 4.15. The molecule has 0 unspecified atom stereocenters. The third kappa shape index (κ3) is 3.14. The van der Waals surface area contributed by atoms with Crippen LogP contribution in [0.1, 0.15) is 29.7 Å². The quantitative estimate of drug-likeness (QED) is 0.896. The number of halogens is 1. The Morgan fingerprint density at radius 1 is 1.50 bits per heavy atom. The molecule has 1 fully saturated rings. The molecule has 0 radical (unpaired) electrons. The predicted molar refractivity (Wildman–Crippen MR) is 76.5 cm³/mol. The Balaban J connectivity index is 1.64. The minimum absolute atomic E-state index is 0.00289. The first-order chi connectivity index (χ1) is 10.6. The lowest BCUT2D eigenvalue weighted by molar-refractivity contribution is -0.121. The molecule has 22 heavy (non-hydrogen) atoms. The van der Waals surface area contributed by atoms with Crippen LogP contribution in [0.25, 0.3) is 0 Å². The summed E-state index contributed by atoms with van der Waals surface area (Å²) in [4.78, 5) is 16.4. The van der Waals surface area contributed by atoms with Crippen LogP contribution in [-0.4, -0.2) is 33.7 Å². The number of nitrogens with zero attached hydrogens (tertiary/aromatic N) is 2. The number of hydrogen-bond acceptors (Lipinski definition) is 4. The van der Waals surface area contributed by atoms with Crippen molar-refractivity contribution in [1.82, 2.24) is 20.5 Å². The van der Waals surface area contributed by atoms with Gasteiger partial charge in [0.1, 0.15) is 17.7 Å². The van der Waals surface area contributed by atoms with Crippen LogP contribution in [0.2, 0.25) is 0 Å². The highest BCUT2D eigenvalue weighted by Crippen LogP contribution is 2.26. The summed E-state index contributed by atoms with van der Waals surface area (Å²) in [5.74, 6) is 0.618. The van der Waals surface area contributed by atoms with Crippen LogP contribution in [0.5, 0.6) is 0 Å². The molecule has 0 spiro atoms. The summed E-state index contributed by atoms with van der Waals surface area (Å²) in [6.07, 6.45) is 0.319. The molecule has 1 saturated heterocycles. The minimum atomic E-state index is -0.374. The van der Waals surface area contributed by atoms with Gasteiger partial charge in [-0.2, -0.15) is 5.10 Å². The molecule has 3 rings (SSSR count). The number of carbonyl (C=O) groups excluding carboxylic acids is 1. The van der Waals surface area contributed by atoms with Gasteiger partial charge in [0.05, 0.1) is 12.5 Å². The molecule has 2 heterocycles. The van der Waals surface area contributed by atoms with Crippen LogP contribution in [0.3, 0.4) is 0 Å². The van der Waals surface area contributed by atoms with E-state index in [1.807, 2.05) is 0 Å². The second-order valence-corrected chi connectivity index (χ2v) is 5.30. The van der Waals surface area contributed by atoms with Gasteiger partial charge in [-0.3, -0.25) is 9.89 Å². The normalized spacial score (nSPS) is 21.0. The number of rotatable bonds is 4. The fraction of sp³-hybridized carbons (Fsp3) is 0.400. The summed E-state index contributed by atoms with van der Waals surface area (Å²) < 4.78 is 19.2. The van der Waals surface area contributed by atoms with Gasteiger partial charge in [-0.15, -0.1) is 0 Å². The molecule has 1 aliphatic heterocycles. The van der Waals surface area contributed by atoms with Crippen LogP contribution in [0.4, 0.5) is 4.39 Å². The first-order valence-corrected chi connectivity index (χ1v) is 7.17. The number of aryl methyl sites for hydroxylation is 1. The molecule has 116 valence electrons. The Bertz CT molecular complexity index is 673. The van der Waals surface area contributed by atoms with E-state index in [1.165, 1.54) is 6.07 Å². The second-order valence-electron chi connectivity index (χ2n) is 5.30. The van der Waals surface area contributed by atoms with E-state index in [0.29, 0.717) is 30.2 Å². The Morgan fingerprint density at radius 3 is 3.05 bits per heavy atom. The predicted octanol–water partition coefficient (Wildman–Crippen LogP) is 1.44. The standard InChI is InChI=1S/C15H17FN4O2/c1-9-17-15(20-19-9)14-12(6-7-22-14)18-13(21)8-10-4-2-3-5-11(10)16/h2-5,12,14H,6-8H2,1H3,(H,18,21)(H,17,19,20)/t12-,14+/m0/s1. The summed E-state index contributed by atoms with van der Waals surface area (Å²) in [5.41, 5.74) is 0.379. The molecular formula is C15H17FN4O2. The Labute approximate surface area is 127 Å². The largest absolute Gasteiger partial charge is 0.368 e. The molecule has 1 amide bonds. The summed E-state index contributed by atoms with van der Waals surface area (Å²) in [6, 6.07) is 6.07. The maximum Gasteiger partial charge on any atom is 0.224 e. The molecular weight excluding hydrogens is 287 g/mol. The molecule has 2 aromatic rings. The Morgan fingerprint density at radius 2 is 2.32 bits per heavy atom. The molecule has 2 N–H and O–H groups in total. The van der Waals surface area contributed by atoms with Crippen LogP contribution in [0.15, 0.2) is 24.3 Å². The zero-order chi connectivity index (χ0) is 15.5. The van der Waals surface area contributed by atoms with Crippen molar-refractivity contribution in [2.75, 3.05) is 6.61 Å². The number of amides is 1. The van der Waals surface area contributed by atoms with E-state index in [1.54, 1.807) is 25.1 Å². The van der Waals surface area contributed by atoms with Crippen molar-refractivity contribution in [2.45, 2.75) is 31.9 Å². The number of hydrogen-bond donors (Lipinski definition) is 2. The maximum absolute atomic E-state index is 13.6. The summed E-state index contributed by atoms with van der Waals surface area (Å²) in [7, 11) is 0. The van der Waals surface area contributed by atoms with Gasteiger partial charge in [-0.1, -0.05) is 18.2 Å². The van der Waals surface area contributed by atoms with Gasteiger partial charge in [-0.25, -0.2) is 9.37 Å². The molecule has 0 aliphatic carbocycles. The van der Waals surface area contributed by atoms with Gasteiger partial charge in [0.15, 0.2) is 5.82 Å². The highest BCUT2D eigenvalue weighted by atomic mass is 19.1. The smallest absolute Gasteiger partial charge is 0.224 e. The van der Waals surface area contributed by atoms with Crippen LogP contribution in [0, 0.1) is 12.7 Å². The first-order valence-electron chi connectivity index (χ1n) is 7.17. The number of aromatic nitrogens is 3. The van der Waals surface area contributed by atoms with Gasteiger partial charge in [-0.05, 0) is 25.0 Å². The zero-order valence-corrected chi connectivity index (χ0v) is 12.2. The average molecular weight is 304 g/mol. The fourth-order valence-corrected chi connectivity index (χ4v) is 2.55. The third-order valence-corrected chi connectivity index (χ3v) is 3.62. The number of aromatic amines is 1. The highest BCUT2D eigenvalue weighted by molar-refractivity contribution is 5.79. The lowest BCUT2D eigenvalue weighted by Crippen LogP contribution is -2.38. The van der Waals surface area contributed by atoms with E-state index in [-0.39, 0.29) is 30.3 Å². The molecule has 0 bridgehead atoms. The lowest BCUT2D eigenvalue weighted by atomic mass is 10.1. The average Bonchev–Trinajstić information content (AvgIpc) is 3.10. The number of ether oxygens (including phenoxy) is 1. The lowest BCUT2D eigenvalue weighted by Gasteiger charge is -2.17. The van der Waals surface area contributed by atoms with E-state index in [9.17, 15) is 9.18 Å². The van der Waals surface area contributed by atoms with Gasteiger partial charge in [0, 0.05) is 6.61 Å². The number of benzene rings is 1. The minimum Gasteiger partial charge on any atom is -0.368 e. The van der Waals surface area contributed by atoms with Crippen molar-refractivity contribution in [3.8, 4) is 0 Å². The van der Waals surface area contributed by atoms with Gasteiger partial charge < -0.3 is 10.1 Å². The first kappa shape index (κ1) is 14.6. The Hall–Kier alpha value is -2.28. The summed E-state index contributed by atoms with van der Waals surface area (Å²) in [5, 5.41) is 9.73. The number of H-pyrrole nitrogens is 1. The topological polar surface area (TPSA) is 79.9 Å². The molecule has 1 aromatic heterocycles. The van der Waals surface area contributed by atoms with E-state index < -0.39 is 0 Å². The van der Waals surface area contributed by atoms with E-state index in [4.69, 9.17) is 4.74 Å². The molecule has 2 atom stereocenters. The van der Waals surface area contributed by atoms with Crippen LogP contribution >= 0.6 is 0 Å². The highest BCUT2D eigenvalue weighted by Gasteiger charge is 2.33. The van der Waals surface area contributed by atoms with Crippen molar-refractivity contribution in [1.29, 1.82) is 0 Å². The zero-order valence-electron chi connectivity index (χ0n) is 12.2. The van der Waals surface area contributed by atoms with E-state index >= 15 is 0 Å². The van der Waals surface area contributed by atoms with Crippen molar-refractivity contribution in [3.05, 3.63) is 47.3 Å². The van der Waals surface area contributed by atoms with Crippen molar-refractivity contribution in [3.63, 3.8) is 0 Å². The fourth-order valence-electron chi connectivity index (χ4n) is 2.55. The second kappa shape index (κ2) is 6.23. The molecule has 0 saturated carbocycles. The summed E-state index contributed by atoms with van der Waals surface area (Å²) in [6.45, 7) is 2.33. The number of carbonyl (C=O) groups is 1. The molecule has 6 nitrogen and oxygen atoms in total. The van der Waals surface area contributed by atoms with Crippen LogP contribution in [-0.2, 0) is 16.0 Å². The third-order valence-electron chi connectivity index (χ3n) is 3.62. The van der Waals surface area contributed by atoms with Crippen molar-refractivity contribution in [2.24, 2.45) is 0 Å². The molecule has 1 aromatic carbocycles. The number of nitrogens with one attached hydrogen (secondary N) is 2. The van der Waals surface area contributed by atoms with Gasteiger partial charge >= 0.3 is 0 Å². The van der Waals surface area contributed by atoms with Crippen molar-refractivity contribution < 1.29 is 13.9 Å². The van der Waals surface area contributed by atoms with Gasteiger partial charge in [0.2, 0.25) is 5.91 Å². The maximum atomic E-state index is 13.6. The SMILES string of the molecule is Cc1nc([C@@H]2OCC[C@@H]2NC(=O)Cc2ccccc2F)n[nH]1. The van der Waals surface area contributed by atoms with Crippen molar-refractivity contribution >= 4 is 5.91 Å².